The van der Waals surface area contributed by atoms with Crippen LogP contribution in [0.5, 0.6) is 0 Å². The second kappa shape index (κ2) is 6.80. The smallest absolute Gasteiger partial charge is 0.252 e. The zero-order valence-corrected chi connectivity index (χ0v) is 11.2. The molecule has 5 heteroatoms. The van der Waals surface area contributed by atoms with Crippen molar-refractivity contribution in [3.8, 4) is 6.07 Å². The maximum absolute atomic E-state index is 11.5. The molecule has 0 aliphatic rings. The molecule has 5 nitrogen and oxygen atoms in total. The Kier molecular flexibility index (Phi) is 5.37. The number of hydrogen-bond acceptors (Lipinski definition) is 4. The highest BCUT2D eigenvalue weighted by Crippen LogP contribution is 2.11. The fourth-order valence-corrected chi connectivity index (χ4v) is 1.75. The molecule has 18 heavy (non-hydrogen) atoms. The van der Waals surface area contributed by atoms with Crippen molar-refractivity contribution in [3.63, 3.8) is 0 Å². The molecule has 0 fully saturated rings. The number of nitrogens with one attached hydrogen (secondary N) is 1. The third kappa shape index (κ3) is 4.21. The van der Waals surface area contributed by atoms with E-state index in [0.29, 0.717) is 36.9 Å². The quantitative estimate of drug-likeness (QED) is 0.831. The summed E-state index contributed by atoms with van der Waals surface area (Å²) in [5, 5.41) is 8.69. The van der Waals surface area contributed by atoms with Gasteiger partial charge in [-0.05, 0) is 5.92 Å². The van der Waals surface area contributed by atoms with E-state index in [1.54, 1.807) is 0 Å². The normalized spacial score (nSPS) is 10.4. The molecule has 1 rings (SSSR count). The minimum atomic E-state index is -0.137. The first-order valence-electron chi connectivity index (χ1n) is 6.29. The predicted molar refractivity (Wildman–Crippen MR) is 71.5 cm³/mol. The molecule has 1 heterocycles. The zero-order chi connectivity index (χ0) is 13.5. The Morgan fingerprint density at radius 2 is 2.28 bits per heavy atom. The summed E-state index contributed by atoms with van der Waals surface area (Å²) in [6, 6.07) is 3.63. The zero-order valence-electron chi connectivity index (χ0n) is 11.2. The predicted octanol–water partition coefficient (Wildman–Crippen LogP) is 1.71. The van der Waals surface area contributed by atoms with Crippen LogP contribution in [0.2, 0.25) is 0 Å². The monoisotopic (exact) mass is 248 g/mol. The third-order valence-corrected chi connectivity index (χ3v) is 2.52. The molecule has 1 aromatic rings. The molecule has 0 unspecified atom stereocenters. The van der Waals surface area contributed by atoms with Crippen molar-refractivity contribution in [1.29, 1.82) is 5.26 Å². The van der Waals surface area contributed by atoms with Gasteiger partial charge in [-0.25, -0.2) is 4.98 Å². The van der Waals surface area contributed by atoms with Crippen LogP contribution in [0, 0.1) is 17.2 Å². The summed E-state index contributed by atoms with van der Waals surface area (Å²) >= 11 is 0. The molecule has 1 N–H and O–H groups in total. The summed E-state index contributed by atoms with van der Waals surface area (Å²) in [7, 11) is 0. The van der Waals surface area contributed by atoms with E-state index in [0.717, 1.165) is 6.54 Å². The maximum Gasteiger partial charge on any atom is 0.252 e. The van der Waals surface area contributed by atoms with E-state index in [1.165, 1.54) is 6.07 Å². The molecule has 0 bridgehead atoms. The van der Waals surface area contributed by atoms with Gasteiger partial charge in [-0.2, -0.15) is 5.26 Å². The number of H-pyrrole nitrogens is 1. The molecule has 0 radical (unpaired) electrons. The number of aromatic nitrogens is 2. The van der Waals surface area contributed by atoms with Gasteiger partial charge in [0.15, 0.2) is 0 Å². The van der Waals surface area contributed by atoms with Crippen LogP contribution < -0.4 is 10.5 Å². The van der Waals surface area contributed by atoms with E-state index in [2.05, 4.69) is 29.9 Å². The minimum absolute atomic E-state index is 0.137. The van der Waals surface area contributed by atoms with Crippen LogP contribution in [-0.4, -0.2) is 23.1 Å². The number of aryl methyl sites for hydroxylation is 1. The standard InChI is InChI=1S/C13H20N4O/c1-4-11-15-12(8-13(18)16-11)17(7-5-6-14)9-10(2)3/h8,10H,4-5,7,9H2,1-3H3,(H,15,16,18). The summed E-state index contributed by atoms with van der Waals surface area (Å²) in [5.41, 5.74) is -0.137. The molecule has 0 saturated heterocycles. The third-order valence-electron chi connectivity index (χ3n) is 2.52. The van der Waals surface area contributed by atoms with Gasteiger partial charge in [0.1, 0.15) is 11.6 Å². The average Bonchev–Trinajstić information content (AvgIpc) is 2.33. The molecule has 0 atom stereocenters. The highest BCUT2D eigenvalue weighted by molar-refractivity contribution is 5.37. The Bertz CT molecular complexity index is 473. The van der Waals surface area contributed by atoms with Gasteiger partial charge in [-0.1, -0.05) is 20.8 Å². The fourth-order valence-electron chi connectivity index (χ4n) is 1.75. The molecule has 0 saturated carbocycles. The van der Waals surface area contributed by atoms with Crippen molar-refractivity contribution in [1.82, 2.24) is 9.97 Å². The van der Waals surface area contributed by atoms with Crippen LogP contribution in [0.25, 0.3) is 0 Å². The van der Waals surface area contributed by atoms with Crippen molar-refractivity contribution in [2.24, 2.45) is 5.92 Å². The SMILES string of the molecule is CCc1nc(N(CCC#N)CC(C)C)cc(=O)[nH]1. The van der Waals surface area contributed by atoms with E-state index in [4.69, 9.17) is 5.26 Å². The van der Waals surface area contributed by atoms with Gasteiger partial charge in [0.2, 0.25) is 0 Å². The molecule has 0 aromatic carbocycles. The first-order chi connectivity index (χ1) is 8.56. The highest BCUT2D eigenvalue weighted by atomic mass is 16.1. The largest absolute Gasteiger partial charge is 0.355 e. The minimum Gasteiger partial charge on any atom is -0.355 e. The topological polar surface area (TPSA) is 72.8 Å². The van der Waals surface area contributed by atoms with E-state index in [1.807, 2.05) is 11.8 Å². The van der Waals surface area contributed by atoms with Gasteiger partial charge < -0.3 is 9.88 Å². The molecule has 98 valence electrons. The molecule has 1 aromatic heterocycles. The summed E-state index contributed by atoms with van der Waals surface area (Å²) < 4.78 is 0. The summed E-state index contributed by atoms with van der Waals surface area (Å²) in [6.07, 6.45) is 1.12. The molecule has 0 aliphatic carbocycles. The summed E-state index contributed by atoms with van der Waals surface area (Å²) in [5.74, 6) is 1.80. The highest BCUT2D eigenvalue weighted by Gasteiger charge is 2.11. The molecule has 0 aliphatic heterocycles. The first kappa shape index (κ1) is 14.2. The van der Waals surface area contributed by atoms with Crippen molar-refractivity contribution < 1.29 is 0 Å². The van der Waals surface area contributed by atoms with E-state index in [-0.39, 0.29) is 5.56 Å². The lowest BCUT2D eigenvalue weighted by Gasteiger charge is -2.24. The first-order valence-corrected chi connectivity index (χ1v) is 6.29. The number of nitrogens with zero attached hydrogens (tertiary/aromatic N) is 3. The molecular weight excluding hydrogens is 228 g/mol. The molecule has 0 amide bonds. The fraction of sp³-hybridized carbons (Fsp3) is 0.615. The van der Waals surface area contributed by atoms with E-state index >= 15 is 0 Å². The van der Waals surface area contributed by atoms with Gasteiger partial charge in [-0.15, -0.1) is 0 Å². The van der Waals surface area contributed by atoms with Gasteiger partial charge in [-0.3, -0.25) is 4.79 Å². The number of hydrogen-bond donors (Lipinski definition) is 1. The van der Waals surface area contributed by atoms with Crippen molar-refractivity contribution in [2.45, 2.75) is 33.6 Å². The van der Waals surface area contributed by atoms with Crippen LogP contribution >= 0.6 is 0 Å². The van der Waals surface area contributed by atoms with Crippen LogP contribution in [0.15, 0.2) is 10.9 Å². The maximum atomic E-state index is 11.5. The Labute approximate surface area is 107 Å². The summed E-state index contributed by atoms with van der Waals surface area (Å²) in [6.45, 7) is 7.56. The molecule has 0 spiro atoms. The van der Waals surface area contributed by atoms with Crippen LogP contribution in [-0.2, 0) is 6.42 Å². The number of rotatable bonds is 6. The number of anilines is 1. The lowest BCUT2D eigenvalue weighted by atomic mass is 10.2. The van der Waals surface area contributed by atoms with Crippen molar-refractivity contribution in [2.75, 3.05) is 18.0 Å². The van der Waals surface area contributed by atoms with Crippen molar-refractivity contribution >= 4 is 5.82 Å². The van der Waals surface area contributed by atoms with Crippen molar-refractivity contribution in [3.05, 3.63) is 22.2 Å². The number of aromatic amines is 1. The Morgan fingerprint density at radius 3 is 2.83 bits per heavy atom. The van der Waals surface area contributed by atoms with Crippen LogP contribution in [0.3, 0.4) is 0 Å². The lowest BCUT2D eigenvalue weighted by molar-refractivity contribution is 0.605. The Hall–Kier alpha value is -1.83. The van der Waals surface area contributed by atoms with Gasteiger partial charge in [0.25, 0.3) is 5.56 Å². The van der Waals surface area contributed by atoms with Gasteiger partial charge in [0.05, 0.1) is 12.5 Å². The molecular formula is C13H20N4O. The summed E-state index contributed by atoms with van der Waals surface area (Å²) in [4.78, 5) is 20.7. The lowest BCUT2D eigenvalue weighted by Crippen LogP contribution is -2.31. The second-order valence-corrected chi connectivity index (χ2v) is 4.65. The van der Waals surface area contributed by atoms with Crippen LogP contribution in [0.1, 0.15) is 33.0 Å². The second-order valence-electron chi connectivity index (χ2n) is 4.65. The van der Waals surface area contributed by atoms with Gasteiger partial charge in [0, 0.05) is 25.6 Å². The number of nitriles is 1. The van der Waals surface area contributed by atoms with Gasteiger partial charge >= 0.3 is 0 Å². The van der Waals surface area contributed by atoms with Crippen LogP contribution in [0.4, 0.5) is 5.82 Å². The Balaban J connectivity index is 2.99. The Morgan fingerprint density at radius 1 is 1.56 bits per heavy atom. The average molecular weight is 248 g/mol. The van der Waals surface area contributed by atoms with E-state index < -0.39 is 0 Å². The van der Waals surface area contributed by atoms with E-state index in [9.17, 15) is 4.79 Å².